The van der Waals surface area contributed by atoms with Crippen molar-refractivity contribution in [1.82, 2.24) is 4.90 Å². The van der Waals surface area contributed by atoms with Gasteiger partial charge in [-0.15, -0.1) is 12.4 Å². The maximum atomic E-state index is 12.5. The fraction of sp³-hybridized carbons (Fsp3) is 0.333. The summed E-state index contributed by atoms with van der Waals surface area (Å²) in [5.41, 5.74) is 8.07. The summed E-state index contributed by atoms with van der Waals surface area (Å²) in [5.74, 6) is 2.30. The fourth-order valence-corrected chi connectivity index (χ4v) is 3.59. The van der Waals surface area contributed by atoms with Gasteiger partial charge in [0, 0.05) is 35.8 Å². The van der Waals surface area contributed by atoms with Crippen molar-refractivity contribution in [2.24, 2.45) is 5.73 Å². The molecule has 1 saturated heterocycles. The summed E-state index contributed by atoms with van der Waals surface area (Å²) < 4.78 is 5.18. The zero-order chi connectivity index (χ0) is 17.8. The smallest absolute Gasteiger partial charge is 0.258 e. The highest BCUT2D eigenvalue weighted by Crippen LogP contribution is 2.20. The van der Waals surface area contributed by atoms with Crippen molar-refractivity contribution in [2.75, 3.05) is 29.9 Å². The predicted molar refractivity (Wildman–Crippen MR) is 106 cm³/mol. The van der Waals surface area contributed by atoms with Crippen molar-refractivity contribution in [3.63, 3.8) is 0 Å². The van der Waals surface area contributed by atoms with Crippen molar-refractivity contribution in [2.45, 2.75) is 13.5 Å². The largest absolute Gasteiger partial charge is 0.467 e. The van der Waals surface area contributed by atoms with E-state index in [1.807, 2.05) is 29.7 Å². The molecule has 3 rings (SSSR count). The van der Waals surface area contributed by atoms with Gasteiger partial charge in [-0.25, -0.2) is 0 Å². The lowest BCUT2D eigenvalue weighted by Gasteiger charge is -2.26. The summed E-state index contributed by atoms with van der Waals surface area (Å²) in [7, 11) is 0. The number of nitrogens with two attached hydrogens (primary N) is 1. The Morgan fingerprint density at radius 3 is 2.58 bits per heavy atom. The van der Waals surface area contributed by atoms with Gasteiger partial charge in [-0.2, -0.15) is 11.8 Å². The predicted octanol–water partition coefficient (Wildman–Crippen LogP) is 2.91. The van der Waals surface area contributed by atoms with Gasteiger partial charge in [-0.05, 0) is 36.8 Å². The van der Waals surface area contributed by atoms with E-state index in [1.165, 1.54) is 6.26 Å². The quantitative estimate of drug-likeness (QED) is 0.830. The van der Waals surface area contributed by atoms with Gasteiger partial charge in [0.25, 0.3) is 11.8 Å². The number of halogens is 1. The Morgan fingerprint density at radius 1 is 1.23 bits per heavy atom. The molecule has 6 nitrogen and oxygen atoms in total. The molecule has 1 fully saturated rings. The molecule has 1 aliphatic rings. The minimum absolute atomic E-state index is 0. The number of benzene rings is 1. The Balaban J connectivity index is 0.00000243. The Morgan fingerprint density at radius 2 is 1.96 bits per heavy atom. The summed E-state index contributed by atoms with van der Waals surface area (Å²) in [6.45, 7) is 3.69. The van der Waals surface area contributed by atoms with E-state index < -0.39 is 0 Å². The molecule has 2 aromatic rings. The van der Waals surface area contributed by atoms with Crippen LogP contribution in [0, 0.1) is 6.92 Å². The van der Waals surface area contributed by atoms with Gasteiger partial charge in [0.15, 0.2) is 0 Å². The number of anilines is 1. The van der Waals surface area contributed by atoms with Gasteiger partial charge < -0.3 is 20.4 Å². The summed E-state index contributed by atoms with van der Waals surface area (Å²) in [4.78, 5) is 26.7. The zero-order valence-electron chi connectivity index (χ0n) is 14.5. The summed E-state index contributed by atoms with van der Waals surface area (Å²) in [6, 6.07) is 6.97. The minimum atomic E-state index is -0.265. The Kier molecular flexibility index (Phi) is 7.14. The van der Waals surface area contributed by atoms with E-state index in [-0.39, 0.29) is 30.8 Å². The number of hydrogen-bond acceptors (Lipinski definition) is 5. The summed E-state index contributed by atoms with van der Waals surface area (Å²) >= 11 is 1.87. The third-order valence-corrected chi connectivity index (χ3v) is 5.08. The van der Waals surface area contributed by atoms with E-state index >= 15 is 0 Å². The Bertz CT molecular complexity index is 788. The molecule has 0 radical (unpaired) electrons. The number of carbonyl (C=O) groups is 2. The molecule has 8 heteroatoms. The molecule has 0 bridgehead atoms. The van der Waals surface area contributed by atoms with Crippen molar-refractivity contribution in [1.29, 1.82) is 0 Å². The van der Waals surface area contributed by atoms with Gasteiger partial charge >= 0.3 is 0 Å². The van der Waals surface area contributed by atoms with Crippen molar-refractivity contribution < 1.29 is 14.0 Å². The molecule has 2 heterocycles. The van der Waals surface area contributed by atoms with Crippen LogP contribution in [-0.2, 0) is 6.54 Å². The van der Waals surface area contributed by atoms with E-state index in [0.717, 1.165) is 30.2 Å². The van der Waals surface area contributed by atoms with Gasteiger partial charge in [-0.1, -0.05) is 0 Å². The second kappa shape index (κ2) is 9.12. The van der Waals surface area contributed by atoms with E-state index in [1.54, 1.807) is 18.2 Å². The maximum Gasteiger partial charge on any atom is 0.258 e. The first-order chi connectivity index (χ1) is 12.1. The zero-order valence-corrected chi connectivity index (χ0v) is 16.1. The minimum Gasteiger partial charge on any atom is -0.467 e. The van der Waals surface area contributed by atoms with Gasteiger partial charge in [0.1, 0.15) is 12.0 Å². The molecule has 0 saturated carbocycles. The second-order valence-electron chi connectivity index (χ2n) is 5.89. The molecular weight excluding hydrogens is 374 g/mol. The summed E-state index contributed by atoms with van der Waals surface area (Å²) in [6.07, 6.45) is 1.39. The highest BCUT2D eigenvalue weighted by atomic mass is 35.5. The average Bonchev–Trinajstić information content (AvgIpc) is 3.13. The van der Waals surface area contributed by atoms with E-state index in [0.29, 0.717) is 22.6 Å². The first-order valence-electron chi connectivity index (χ1n) is 8.15. The third-order valence-electron chi connectivity index (χ3n) is 4.14. The lowest BCUT2D eigenvalue weighted by molar-refractivity contribution is 0.0772. The first kappa shape index (κ1) is 20.4. The van der Waals surface area contributed by atoms with Crippen LogP contribution in [0.1, 0.15) is 32.0 Å². The molecule has 140 valence electrons. The third kappa shape index (κ3) is 4.60. The van der Waals surface area contributed by atoms with Crippen molar-refractivity contribution in [3.05, 3.63) is 53.0 Å². The van der Waals surface area contributed by atoms with Crippen LogP contribution in [0.5, 0.6) is 0 Å². The molecule has 1 aromatic heterocycles. The van der Waals surface area contributed by atoms with Crippen LogP contribution in [0.25, 0.3) is 0 Å². The number of amides is 2. The molecular formula is C18H22ClN3O3S. The molecule has 2 amide bonds. The number of furan rings is 1. The monoisotopic (exact) mass is 395 g/mol. The first-order valence-corrected chi connectivity index (χ1v) is 9.30. The lowest BCUT2D eigenvalue weighted by Crippen LogP contribution is -2.37. The van der Waals surface area contributed by atoms with E-state index in [4.69, 9.17) is 10.2 Å². The van der Waals surface area contributed by atoms with Crippen molar-refractivity contribution >= 4 is 41.7 Å². The highest BCUT2D eigenvalue weighted by Gasteiger charge is 2.19. The lowest BCUT2D eigenvalue weighted by atomic mass is 10.1. The number of aryl methyl sites for hydroxylation is 1. The van der Waals surface area contributed by atoms with E-state index in [2.05, 4.69) is 5.32 Å². The average molecular weight is 396 g/mol. The SMILES string of the molecule is Cc1cc(C(=O)N2CCSCC2)ccc1NC(=O)c1coc(CN)c1.Cl. The molecule has 1 aliphatic heterocycles. The standard InChI is InChI=1S/C18H21N3O3S.ClH/c1-12-8-13(18(23)21-4-6-25-7-5-21)2-3-16(12)20-17(22)14-9-15(10-19)24-11-14;/h2-3,8-9,11H,4-7,10,19H2,1H3,(H,20,22);1H. The van der Waals surface area contributed by atoms with Crippen LogP contribution >= 0.6 is 24.2 Å². The Hall–Kier alpha value is -1.96. The van der Waals surface area contributed by atoms with Gasteiger partial charge in [0.2, 0.25) is 0 Å². The number of hydrogen-bond donors (Lipinski definition) is 2. The normalized spacial score (nSPS) is 13.8. The van der Waals surface area contributed by atoms with Crippen LogP contribution < -0.4 is 11.1 Å². The van der Waals surface area contributed by atoms with Gasteiger partial charge in [-0.3, -0.25) is 9.59 Å². The van der Waals surface area contributed by atoms with Crippen LogP contribution in [-0.4, -0.2) is 41.3 Å². The fourth-order valence-electron chi connectivity index (χ4n) is 2.69. The van der Waals surface area contributed by atoms with Crippen LogP contribution in [0.2, 0.25) is 0 Å². The van der Waals surface area contributed by atoms with Gasteiger partial charge in [0.05, 0.1) is 12.1 Å². The number of thioether (sulfide) groups is 1. The van der Waals surface area contributed by atoms with Crippen molar-refractivity contribution in [3.8, 4) is 0 Å². The molecule has 26 heavy (non-hydrogen) atoms. The van der Waals surface area contributed by atoms with Crippen LogP contribution in [0.15, 0.2) is 34.9 Å². The Labute approximate surface area is 162 Å². The van der Waals surface area contributed by atoms with E-state index in [9.17, 15) is 9.59 Å². The number of rotatable bonds is 4. The number of carbonyl (C=O) groups excluding carboxylic acids is 2. The number of nitrogens with one attached hydrogen (secondary N) is 1. The number of nitrogens with zero attached hydrogens (tertiary/aromatic N) is 1. The van der Waals surface area contributed by atoms with Crippen LogP contribution in [0.3, 0.4) is 0 Å². The second-order valence-corrected chi connectivity index (χ2v) is 7.12. The van der Waals surface area contributed by atoms with Crippen LogP contribution in [0.4, 0.5) is 5.69 Å². The highest BCUT2D eigenvalue weighted by molar-refractivity contribution is 7.99. The molecule has 0 atom stereocenters. The molecule has 0 unspecified atom stereocenters. The maximum absolute atomic E-state index is 12.5. The summed E-state index contributed by atoms with van der Waals surface area (Å²) in [5, 5.41) is 2.84. The molecule has 0 aliphatic carbocycles. The molecule has 0 spiro atoms. The topological polar surface area (TPSA) is 88.6 Å². The molecule has 1 aromatic carbocycles. The molecule has 3 N–H and O–H groups in total.